The maximum absolute atomic E-state index is 12.6. The Morgan fingerprint density at radius 1 is 1.04 bits per heavy atom. The number of hydrogen-bond acceptors (Lipinski definition) is 4. The molecule has 130 valence electrons. The van der Waals surface area contributed by atoms with Crippen molar-refractivity contribution in [2.24, 2.45) is 0 Å². The summed E-state index contributed by atoms with van der Waals surface area (Å²) in [7, 11) is 3.96. The monoisotopic (exact) mass is 337 g/mol. The summed E-state index contributed by atoms with van der Waals surface area (Å²) in [6.07, 6.45) is 0.894. The molecule has 0 spiro atoms. The van der Waals surface area contributed by atoms with Crippen molar-refractivity contribution in [1.29, 1.82) is 0 Å². The number of amides is 2. The Labute approximate surface area is 148 Å². The Balaban J connectivity index is 1.60. The second kappa shape index (κ2) is 7.38. The van der Waals surface area contributed by atoms with Crippen LogP contribution in [0.25, 0.3) is 0 Å². The third kappa shape index (κ3) is 3.99. The topological polar surface area (TPSA) is 52.7 Å². The first-order chi connectivity index (χ1) is 12.0. The fourth-order valence-corrected chi connectivity index (χ4v) is 2.97. The van der Waals surface area contributed by atoms with E-state index in [-0.39, 0.29) is 18.2 Å². The van der Waals surface area contributed by atoms with Crippen molar-refractivity contribution >= 4 is 23.2 Å². The smallest absolute Gasteiger partial charge is 0.252 e. The van der Waals surface area contributed by atoms with Crippen LogP contribution in [0.15, 0.2) is 54.6 Å². The molecule has 1 aliphatic rings. The van der Waals surface area contributed by atoms with Gasteiger partial charge in [0.2, 0.25) is 5.91 Å². The molecular weight excluding hydrogens is 314 g/mol. The van der Waals surface area contributed by atoms with Gasteiger partial charge in [-0.25, -0.2) is 0 Å². The van der Waals surface area contributed by atoms with Gasteiger partial charge in [-0.05, 0) is 36.2 Å². The van der Waals surface area contributed by atoms with Gasteiger partial charge < -0.3 is 10.2 Å². The largest absolute Gasteiger partial charge is 0.378 e. The van der Waals surface area contributed by atoms with Crippen molar-refractivity contribution in [1.82, 2.24) is 4.90 Å². The molecule has 2 aromatic carbocycles. The fourth-order valence-electron chi connectivity index (χ4n) is 2.97. The average molecular weight is 337 g/mol. The summed E-state index contributed by atoms with van der Waals surface area (Å²) in [6, 6.07) is 17.2. The first kappa shape index (κ1) is 17.0. The second-order valence-electron chi connectivity index (χ2n) is 6.46. The van der Waals surface area contributed by atoms with Crippen molar-refractivity contribution in [2.45, 2.75) is 18.9 Å². The molecule has 25 heavy (non-hydrogen) atoms. The highest BCUT2D eigenvalue weighted by Gasteiger charge is 2.38. The zero-order chi connectivity index (χ0) is 17.8. The molecule has 3 rings (SSSR count). The highest BCUT2D eigenvalue weighted by Crippen LogP contribution is 2.21. The molecule has 2 aromatic rings. The van der Waals surface area contributed by atoms with E-state index in [0.717, 1.165) is 16.9 Å². The number of nitrogens with one attached hydrogen (secondary N) is 1. The van der Waals surface area contributed by atoms with Crippen molar-refractivity contribution < 1.29 is 9.59 Å². The normalized spacial score (nSPS) is 17.0. The Hall–Kier alpha value is -2.82. The number of anilines is 2. The number of rotatable bonds is 6. The molecule has 1 aliphatic heterocycles. The number of hydrogen-bond donors (Lipinski definition) is 1. The van der Waals surface area contributed by atoms with Crippen molar-refractivity contribution in [2.75, 3.05) is 30.9 Å². The van der Waals surface area contributed by atoms with Gasteiger partial charge in [0, 0.05) is 32.0 Å². The molecule has 0 bridgehead atoms. The van der Waals surface area contributed by atoms with Crippen molar-refractivity contribution in [3.8, 4) is 0 Å². The molecule has 1 N–H and O–H groups in total. The summed E-state index contributed by atoms with van der Waals surface area (Å²) in [5, 5.41) is 3.18. The van der Waals surface area contributed by atoms with E-state index >= 15 is 0 Å². The lowest BCUT2D eigenvalue weighted by molar-refractivity contribution is -0.138. The highest BCUT2D eigenvalue weighted by molar-refractivity contribution is 6.06. The van der Waals surface area contributed by atoms with Crippen LogP contribution >= 0.6 is 0 Å². The number of carbonyl (C=O) groups excluding carboxylic acids is 2. The minimum absolute atomic E-state index is 0.108. The van der Waals surface area contributed by atoms with E-state index in [0.29, 0.717) is 13.0 Å². The van der Waals surface area contributed by atoms with Crippen molar-refractivity contribution in [3.05, 3.63) is 60.2 Å². The van der Waals surface area contributed by atoms with Gasteiger partial charge in [0.25, 0.3) is 5.91 Å². The molecule has 1 fully saturated rings. The van der Waals surface area contributed by atoms with Crippen LogP contribution in [0.3, 0.4) is 0 Å². The van der Waals surface area contributed by atoms with E-state index in [4.69, 9.17) is 0 Å². The van der Waals surface area contributed by atoms with Crippen LogP contribution in [0.4, 0.5) is 11.4 Å². The number of nitrogens with zero attached hydrogens (tertiary/aromatic N) is 2. The molecule has 2 amide bonds. The maximum Gasteiger partial charge on any atom is 0.252 e. The molecule has 0 unspecified atom stereocenters. The van der Waals surface area contributed by atoms with Crippen LogP contribution in [0.2, 0.25) is 0 Å². The minimum Gasteiger partial charge on any atom is -0.378 e. The number of benzene rings is 2. The molecule has 1 atom stereocenters. The van der Waals surface area contributed by atoms with E-state index in [9.17, 15) is 9.59 Å². The number of carbonyl (C=O) groups is 2. The SMILES string of the molecule is CN(C)c1ccc(N[C@@H]2CC(=O)N(CCc3ccccc3)C2=O)cc1. The lowest BCUT2D eigenvalue weighted by Crippen LogP contribution is -2.36. The molecule has 0 radical (unpaired) electrons. The molecular formula is C20H23N3O2. The van der Waals surface area contributed by atoms with Crippen LogP contribution in [0, 0.1) is 0 Å². The van der Waals surface area contributed by atoms with Crippen LogP contribution in [0.1, 0.15) is 12.0 Å². The van der Waals surface area contributed by atoms with Crippen molar-refractivity contribution in [3.63, 3.8) is 0 Å². The predicted molar refractivity (Wildman–Crippen MR) is 99.7 cm³/mol. The second-order valence-corrected chi connectivity index (χ2v) is 6.46. The zero-order valence-corrected chi connectivity index (χ0v) is 14.6. The number of likely N-dealkylation sites (tertiary alicyclic amines) is 1. The molecule has 0 aromatic heterocycles. The quantitative estimate of drug-likeness (QED) is 0.823. The highest BCUT2D eigenvalue weighted by atomic mass is 16.2. The molecule has 5 nitrogen and oxygen atoms in total. The third-order valence-corrected chi connectivity index (χ3v) is 4.44. The van der Waals surface area contributed by atoms with Gasteiger partial charge >= 0.3 is 0 Å². The van der Waals surface area contributed by atoms with E-state index in [1.165, 1.54) is 4.90 Å². The molecule has 0 aliphatic carbocycles. The van der Waals surface area contributed by atoms with Gasteiger partial charge in [-0.2, -0.15) is 0 Å². The third-order valence-electron chi connectivity index (χ3n) is 4.44. The predicted octanol–water partition coefficient (Wildman–Crippen LogP) is 2.53. The summed E-state index contributed by atoms with van der Waals surface area (Å²) in [6.45, 7) is 0.430. The van der Waals surface area contributed by atoms with E-state index in [1.807, 2.05) is 73.6 Å². The zero-order valence-electron chi connectivity index (χ0n) is 14.6. The Morgan fingerprint density at radius 3 is 2.36 bits per heavy atom. The van der Waals surface area contributed by atoms with E-state index in [1.54, 1.807) is 0 Å². The summed E-state index contributed by atoms with van der Waals surface area (Å²) in [5.74, 6) is -0.249. The van der Waals surface area contributed by atoms with Gasteiger partial charge in [-0.1, -0.05) is 30.3 Å². The van der Waals surface area contributed by atoms with Crippen LogP contribution < -0.4 is 10.2 Å². The maximum atomic E-state index is 12.6. The van der Waals surface area contributed by atoms with Gasteiger partial charge in [0.05, 0.1) is 6.42 Å². The van der Waals surface area contributed by atoms with Crippen LogP contribution in [-0.4, -0.2) is 43.4 Å². The van der Waals surface area contributed by atoms with Gasteiger partial charge in [-0.3, -0.25) is 14.5 Å². The Bertz CT molecular complexity index is 741. The molecule has 1 heterocycles. The number of imide groups is 1. The fraction of sp³-hybridized carbons (Fsp3) is 0.300. The van der Waals surface area contributed by atoms with Crippen LogP contribution in [-0.2, 0) is 16.0 Å². The molecule has 1 saturated heterocycles. The summed E-state index contributed by atoms with van der Waals surface area (Å²) < 4.78 is 0. The summed E-state index contributed by atoms with van der Waals surface area (Å²) >= 11 is 0. The minimum atomic E-state index is -0.478. The van der Waals surface area contributed by atoms with E-state index in [2.05, 4.69) is 5.32 Å². The lowest BCUT2D eigenvalue weighted by atomic mass is 10.1. The molecule has 5 heteroatoms. The molecule has 0 saturated carbocycles. The first-order valence-corrected chi connectivity index (χ1v) is 8.46. The van der Waals surface area contributed by atoms with E-state index < -0.39 is 6.04 Å². The Kier molecular flexibility index (Phi) is 5.03. The first-order valence-electron chi connectivity index (χ1n) is 8.46. The summed E-state index contributed by atoms with van der Waals surface area (Å²) in [4.78, 5) is 28.1. The summed E-state index contributed by atoms with van der Waals surface area (Å²) in [5.41, 5.74) is 3.06. The standard InChI is InChI=1S/C20H23N3O2/c1-22(2)17-10-8-16(9-11-17)21-18-14-19(24)23(20(18)25)13-12-15-6-4-3-5-7-15/h3-11,18,21H,12-14H2,1-2H3/t18-/m1/s1. The lowest BCUT2D eigenvalue weighted by Gasteiger charge is -2.17. The van der Waals surface area contributed by atoms with Gasteiger partial charge in [0.15, 0.2) is 0 Å². The average Bonchev–Trinajstić information content (AvgIpc) is 2.88. The Morgan fingerprint density at radius 2 is 1.72 bits per heavy atom. The van der Waals surface area contributed by atoms with Gasteiger partial charge in [-0.15, -0.1) is 0 Å². The van der Waals surface area contributed by atoms with Crippen LogP contribution in [0.5, 0.6) is 0 Å². The van der Waals surface area contributed by atoms with Gasteiger partial charge in [0.1, 0.15) is 6.04 Å².